The molecule has 0 radical (unpaired) electrons. The fourth-order valence-electron chi connectivity index (χ4n) is 1.56. The van der Waals surface area contributed by atoms with Gasteiger partial charge in [0.2, 0.25) is 0 Å². The maximum atomic E-state index is 13.3. The molecule has 2 N–H and O–H groups in total. The molecule has 0 saturated carbocycles. The first-order chi connectivity index (χ1) is 9.11. The van der Waals surface area contributed by atoms with Gasteiger partial charge in [0.05, 0.1) is 16.8 Å². The van der Waals surface area contributed by atoms with Crippen molar-refractivity contribution < 1.29 is 13.9 Å². The molecule has 0 amide bonds. The van der Waals surface area contributed by atoms with Crippen LogP contribution in [-0.2, 0) is 0 Å². The van der Waals surface area contributed by atoms with Crippen molar-refractivity contribution >= 4 is 21.6 Å². The van der Waals surface area contributed by atoms with Gasteiger partial charge in [0.25, 0.3) is 0 Å². The minimum Gasteiger partial charge on any atom is -0.490 e. The number of halogens is 2. The Morgan fingerprint density at radius 2 is 1.84 bits per heavy atom. The molecule has 2 aromatic rings. The number of ether oxygens (including phenoxy) is 2. The van der Waals surface area contributed by atoms with Crippen molar-refractivity contribution in [2.45, 2.75) is 6.92 Å². The van der Waals surface area contributed by atoms with Crippen molar-refractivity contribution in [3.8, 4) is 17.2 Å². The highest BCUT2D eigenvalue weighted by atomic mass is 79.9. The van der Waals surface area contributed by atoms with Crippen molar-refractivity contribution in [2.24, 2.45) is 0 Å². The number of hydrogen-bond acceptors (Lipinski definition) is 3. The summed E-state index contributed by atoms with van der Waals surface area (Å²) in [5, 5.41) is 0. The Morgan fingerprint density at radius 3 is 2.53 bits per heavy atom. The monoisotopic (exact) mass is 325 g/mol. The summed E-state index contributed by atoms with van der Waals surface area (Å²) >= 11 is 3.10. The molecule has 0 aliphatic rings. The largest absolute Gasteiger partial charge is 0.490 e. The fourth-order valence-corrected chi connectivity index (χ4v) is 1.88. The SMILES string of the molecule is CCOc1ccccc1Oc1cc(Br)c(F)cc1N. The quantitative estimate of drug-likeness (QED) is 0.849. The first-order valence-electron chi connectivity index (χ1n) is 5.76. The van der Waals surface area contributed by atoms with Gasteiger partial charge in [0.15, 0.2) is 17.2 Å². The molecular weight excluding hydrogens is 313 g/mol. The van der Waals surface area contributed by atoms with E-state index in [4.69, 9.17) is 15.2 Å². The zero-order valence-electron chi connectivity index (χ0n) is 10.3. The van der Waals surface area contributed by atoms with E-state index in [0.717, 1.165) is 0 Å². The Hall–Kier alpha value is -1.75. The average Bonchev–Trinajstić information content (AvgIpc) is 2.38. The number of hydrogen-bond donors (Lipinski definition) is 1. The lowest BCUT2D eigenvalue weighted by Gasteiger charge is -2.13. The van der Waals surface area contributed by atoms with Crippen LogP contribution in [-0.4, -0.2) is 6.61 Å². The molecule has 19 heavy (non-hydrogen) atoms. The molecule has 0 aromatic heterocycles. The molecule has 0 aliphatic heterocycles. The van der Waals surface area contributed by atoms with E-state index in [1.54, 1.807) is 12.1 Å². The van der Waals surface area contributed by atoms with Crippen molar-refractivity contribution in [3.05, 3.63) is 46.7 Å². The summed E-state index contributed by atoms with van der Waals surface area (Å²) in [6.07, 6.45) is 0. The van der Waals surface area contributed by atoms with E-state index < -0.39 is 5.82 Å². The van der Waals surface area contributed by atoms with E-state index in [0.29, 0.717) is 28.3 Å². The van der Waals surface area contributed by atoms with Crippen LogP contribution in [0.15, 0.2) is 40.9 Å². The van der Waals surface area contributed by atoms with Gasteiger partial charge in [-0.25, -0.2) is 4.39 Å². The summed E-state index contributed by atoms with van der Waals surface area (Å²) in [5.74, 6) is 1.10. The number of rotatable bonds is 4. The van der Waals surface area contributed by atoms with Crippen LogP contribution >= 0.6 is 15.9 Å². The first kappa shape index (κ1) is 13.7. The molecular formula is C14H13BrFNO2. The molecule has 0 saturated heterocycles. The van der Waals surface area contributed by atoms with E-state index in [1.165, 1.54) is 12.1 Å². The number of nitrogen functional groups attached to an aromatic ring is 1. The van der Waals surface area contributed by atoms with Crippen molar-refractivity contribution in [1.82, 2.24) is 0 Å². The molecule has 3 nitrogen and oxygen atoms in total. The second kappa shape index (κ2) is 5.93. The minimum atomic E-state index is -0.428. The molecule has 100 valence electrons. The molecule has 2 aromatic carbocycles. The summed E-state index contributed by atoms with van der Waals surface area (Å²) in [7, 11) is 0. The predicted octanol–water partition coefficient (Wildman–Crippen LogP) is 4.36. The normalized spacial score (nSPS) is 10.3. The lowest BCUT2D eigenvalue weighted by atomic mass is 10.2. The Kier molecular flexibility index (Phi) is 4.27. The number of anilines is 1. The summed E-state index contributed by atoms with van der Waals surface area (Å²) in [6.45, 7) is 2.42. The van der Waals surface area contributed by atoms with E-state index in [2.05, 4.69) is 15.9 Å². The van der Waals surface area contributed by atoms with Gasteiger partial charge in [-0.15, -0.1) is 0 Å². The van der Waals surface area contributed by atoms with E-state index in [9.17, 15) is 4.39 Å². The Labute approximate surface area is 119 Å². The van der Waals surface area contributed by atoms with Gasteiger partial charge in [0.1, 0.15) is 5.82 Å². The van der Waals surface area contributed by atoms with Gasteiger partial charge in [-0.1, -0.05) is 12.1 Å². The second-order valence-electron chi connectivity index (χ2n) is 3.79. The third kappa shape index (κ3) is 3.17. The van der Waals surface area contributed by atoms with Crippen LogP contribution in [0.25, 0.3) is 0 Å². The van der Waals surface area contributed by atoms with Gasteiger partial charge in [-0.3, -0.25) is 0 Å². The summed E-state index contributed by atoms with van der Waals surface area (Å²) < 4.78 is 24.7. The number of benzene rings is 2. The van der Waals surface area contributed by atoms with Crippen LogP contribution in [0.1, 0.15) is 6.92 Å². The number of nitrogens with two attached hydrogens (primary N) is 1. The van der Waals surface area contributed by atoms with E-state index in [1.807, 2.05) is 19.1 Å². The Bertz CT molecular complexity index is 590. The standard InChI is InChI=1S/C14H13BrFNO2/c1-2-18-12-5-3-4-6-13(12)19-14-7-9(15)10(16)8-11(14)17/h3-8H,2,17H2,1H3. The van der Waals surface area contributed by atoms with Crippen LogP contribution in [0.2, 0.25) is 0 Å². The highest BCUT2D eigenvalue weighted by molar-refractivity contribution is 9.10. The van der Waals surface area contributed by atoms with Gasteiger partial charge in [-0.05, 0) is 35.0 Å². The fraction of sp³-hybridized carbons (Fsp3) is 0.143. The molecule has 0 spiro atoms. The summed E-state index contributed by atoms with van der Waals surface area (Å²) in [5.41, 5.74) is 5.96. The highest BCUT2D eigenvalue weighted by Crippen LogP contribution is 2.36. The molecule has 0 atom stereocenters. The third-order valence-electron chi connectivity index (χ3n) is 2.42. The topological polar surface area (TPSA) is 44.5 Å². The molecule has 5 heteroatoms. The summed E-state index contributed by atoms with van der Waals surface area (Å²) in [4.78, 5) is 0. The summed E-state index contributed by atoms with van der Waals surface area (Å²) in [6, 6.07) is 9.94. The van der Waals surface area contributed by atoms with Crippen LogP contribution in [0.5, 0.6) is 17.2 Å². The maximum absolute atomic E-state index is 13.3. The molecule has 0 fully saturated rings. The number of para-hydroxylation sites is 2. The molecule has 0 aliphatic carbocycles. The maximum Gasteiger partial charge on any atom is 0.169 e. The van der Waals surface area contributed by atoms with Gasteiger partial charge in [-0.2, -0.15) is 0 Å². The zero-order chi connectivity index (χ0) is 13.8. The van der Waals surface area contributed by atoms with Crippen molar-refractivity contribution in [2.75, 3.05) is 12.3 Å². The molecule has 0 bridgehead atoms. The Morgan fingerprint density at radius 1 is 1.16 bits per heavy atom. The Balaban J connectivity index is 2.33. The predicted molar refractivity (Wildman–Crippen MR) is 76.2 cm³/mol. The van der Waals surface area contributed by atoms with E-state index in [-0.39, 0.29) is 5.69 Å². The van der Waals surface area contributed by atoms with Crippen molar-refractivity contribution in [1.29, 1.82) is 0 Å². The van der Waals surface area contributed by atoms with E-state index >= 15 is 0 Å². The van der Waals surface area contributed by atoms with Crippen LogP contribution in [0.3, 0.4) is 0 Å². The smallest absolute Gasteiger partial charge is 0.169 e. The lowest BCUT2D eigenvalue weighted by Crippen LogP contribution is -1.97. The van der Waals surface area contributed by atoms with Crippen LogP contribution < -0.4 is 15.2 Å². The third-order valence-corrected chi connectivity index (χ3v) is 3.03. The van der Waals surface area contributed by atoms with Gasteiger partial charge in [0, 0.05) is 12.1 Å². The zero-order valence-corrected chi connectivity index (χ0v) is 11.9. The first-order valence-corrected chi connectivity index (χ1v) is 6.55. The second-order valence-corrected chi connectivity index (χ2v) is 4.64. The molecule has 2 rings (SSSR count). The van der Waals surface area contributed by atoms with Crippen LogP contribution in [0.4, 0.5) is 10.1 Å². The van der Waals surface area contributed by atoms with Crippen LogP contribution in [0, 0.1) is 5.82 Å². The van der Waals surface area contributed by atoms with Gasteiger partial charge < -0.3 is 15.2 Å². The average molecular weight is 326 g/mol. The lowest BCUT2D eigenvalue weighted by molar-refractivity contribution is 0.321. The van der Waals surface area contributed by atoms with Crippen molar-refractivity contribution in [3.63, 3.8) is 0 Å². The highest BCUT2D eigenvalue weighted by Gasteiger charge is 2.10. The molecule has 0 heterocycles. The van der Waals surface area contributed by atoms with Gasteiger partial charge >= 0.3 is 0 Å². The molecule has 0 unspecified atom stereocenters. The minimum absolute atomic E-state index is 0.229.